The Morgan fingerprint density at radius 2 is 2.44 bits per heavy atom. The number of nitrogens with zero attached hydrogens (tertiary/aromatic N) is 2. The van der Waals surface area contributed by atoms with Crippen molar-refractivity contribution in [2.45, 2.75) is 25.7 Å². The highest BCUT2D eigenvalue weighted by molar-refractivity contribution is 7.12. The molecule has 0 spiro atoms. The zero-order chi connectivity index (χ0) is 11.1. The number of hydrogen-bond donors (Lipinski definition) is 1. The van der Waals surface area contributed by atoms with E-state index in [0.717, 1.165) is 29.1 Å². The van der Waals surface area contributed by atoms with E-state index in [2.05, 4.69) is 21.9 Å². The van der Waals surface area contributed by atoms with Gasteiger partial charge in [0.1, 0.15) is 0 Å². The summed E-state index contributed by atoms with van der Waals surface area (Å²) in [6, 6.07) is 0. The van der Waals surface area contributed by atoms with Crippen LogP contribution in [0.5, 0.6) is 0 Å². The lowest BCUT2D eigenvalue weighted by Crippen LogP contribution is -2.15. The van der Waals surface area contributed by atoms with Gasteiger partial charge in [-0.15, -0.1) is 11.3 Å². The summed E-state index contributed by atoms with van der Waals surface area (Å²) in [6.45, 7) is 2.11. The Kier molecular flexibility index (Phi) is 2.14. The zero-order valence-corrected chi connectivity index (χ0v) is 9.67. The van der Waals surface area contributed by atoms with Gasteiger partial charge in [0, 0.05) is 17.1 Å². The monoisotopic (exact) mass is 233 g/mol. The average Bonchev–Trinajstić information content (AvgIpc) is 2.88. The molecule has 0 fully saturated rings. The van der Waals surface area contributed by atoms with Crippen molar-refractivity contribution in [1.82, 2.24) is 15.0 Å². The third kappa shape index (κ3) is 1.39. The first-order chi connectivity index (χ1) is 7.75. The lowest BCUT2D eigenvalue weighted by Gasteiger charge is -2.04. The van der Waals surface area contributed by atoms with Gasteiger partial charge in [-0.25, -0.2) is 9.97 Å². The molecular formula is C11H11N3OS. The van der Waals surface area contributed by atoms with E-state index >= 15 is 0 Å². The summed E-state index contributed by atoms with van der Waals surface area (Å²) in [7, 11) is 0. The first-order valence-electron chi connectivity index (χ1n) is 5.28. The molecule has 1 unspecified atom stereocenters. The van der Waals surface area contributed by atoms with E-state index in [1.807, 2.05) is 5.38 Å². The molecule has 0 saturated carbocycles. The highest BCUT2D eigenvalue weighted by Gasteiger charge is 2.24. The Hall–Kier alpha value is -1.49. The van der Waals surface area contributed by atoms with Crippen molar-refractivity contribution >= 4 is 11.3 Å². The smallest absolute Gasteiger partial charge is 0.254 e. The largest absolute Gasteiger partial charge is 0.304 e. The Bertz CT molecular complexity index is 573. The second-order valence-corrected chi connectivity index (χ2v) is 4.95. The molecule has 4 nitrogen and oxygen atoms in total. The van der Waals surface area contributed by atoms with Crippen molar-refractivity contribution in [3.8, 4) is 10.8 Å². The summed E-state index contributed by atoms with van der Waals surface area (Å²) in [5.41, 5.74) is 1.81. The highest BCUT2D eigenvalue weighted by atomic mass is 32.1. The van der Waals surface area contributed by atoms with Crippen LogP contribution in [-0.4, -0.2) is 15.0 Å². The molecule has 0 bridgehead atoms. The van der Waals surface area contributed by atoms with Crippen molar-refractivity contribution in [3.63, 3.8) is 0 Å². The number of fused-ring (bicyclic) bond motifs is 1. The van der Waals surface area contributed by atoms with Crippen molar-refractivity contribution in [1.29, 1.82) is 0 Å². The van der Waals surface area contributed by atoms with Gasteiger partial charge in [-0.1, -0.05) is 6.92 Å². The molecule has 1 aliphatic rings. The second-order valence-electron chi connectivity index (χ2n) is 4.06. The molecule has 0 radical (unpaired) electrons. The van der Waals surface area contributed by atoms with Gasteiger partial charge in [-0.05, 0) is 18.8 Å². The van der Waals surface area contributed by atoms with E-state index in [-0.39, 0.29) is 5.56 Å². The quantitative estimate of drug-likeness (QED) is 0.819. The highest BCUT2D eigenvalue weighted by Crippen LogP contribution is 2.29. The maximum Gasteiger partial charge on any atom is 0.254 e. The van der Waals surface area contributed by atoms with Crippen molar-refractivity contribution < 1.29 is 0 Å². The summed E-state index contributed by atoms with van der Waals surface area (Å²) >= 11 is 1.49. The van der Waals surface area contributed by atoms with Gasteiger partial charge < -0.3 is 4.98 Å². The van der Waals surface area contributed by atoms with Crippen LogP contribution in [0.4, 0.5) is 0 Å². The van der Waals surface area contributed by atoms with E-state index in [9.17, 15) is 4.79 Å². The summed E-state index contributed by atoms with van der Waals surface area (Å²) in [6.07, 6.45) is 3.58. The summed E-state index contributed by atoms with van der Waals surface area (Å²) in [5, 5.41) is 2.66. The molecule has 2 aromatic heterocycles. The molecule has 3 rings (SSSR count). The van der Waals surface area contributed by atoms with Crippen molar-refractivity contribution in [2.75, 3.05) is 0 Å². The van der Waals surface area contributed by atoms with Gasteiger partial charge in [-0.2, -0.15) is 0 Å². The molecule has 5 heteroatoms. The maximum absolute atomic E-state index is 11.9. The van der Waals surface area contributed by atoms with E-state index in [1.54, 1.807) is 6.20 Å². The fourth-order valence-corrected chi connectivity index (χ4v) is 2.68. The maximum atomic E-state index is 11.9. The number of hydrogen-bond acceptors (Lipinski definition) is 4. The Morgan fingerprint density at radius 1 is 1.56 bits per heavy atom. The topological polar surface area (TPSA) is 58.6 Å². The molecule has 1 atom stereocenters. The molecule has 0 amide bonds. The fourth-order valence-electron chi connectivity index (χ4n) is 2.10. The van der Waals surface area contributed by atoms with Gasteiger partial charge in [0.15, 0.2) is 10.8 Å². The third-order valence-corrected chi connectivity index (χ3v) is 3.76. The van der Waals surface area contributed by atoms with Gasteiger partial charge in [0.05, 0.1) is 5.69 Å². The van der Waals surface area contributed by atoms with Crippen LogP contribution in [0.1, 0.15) is 30.5 Å². The van der Waals surface area contributed by atoms with E-state index < -0.39 is 0 Å². The van der Waals surface area contributed by atoms with Crippen LogP contribution in [0.25, 0.3) is 10.8 Å². The average molecular weight is 233 g/mol. The van der Waals surface area contributed by atoms with Crippen LogP contribution < -0.4 is 5.56 Å². The molecule has 82 valence electrons. The van der Waals surface area contributed by atoms with Gasteiger partial charge >= 0.3 is 0 Å². The molecule has 2 heterocycles. The van der Waals surface area contributed by atoms with Crippen LogP contribution in [-0.2, 0) is 6.42 Å². The number of thiazole rings is 1. The van der Waals surface area contributed by atoms with Gasteiger partial charge in [-0.3, -0.25) is 4.79 Å². The minimum Gasteiger partial charge on any atom is -0.304 e. The minimum atomic E-state index is -0.000417. The Morgan fingerprint density at radius 3 is 3.19 bits per heavy atom. The molecule has 1 N–H and O–H groups in total. The van der Waals surface area contributed by atoms with E-state index in [4.69, 9.17) is 0 Å². The molecule has 0 aliphatic heterocycles. The van der Waals surface area contributed by atoms with E-state index in [0.29, 0.717) is 11.7 Å². The number of aromatic amines is 1. The number of nitrogens with one attached hydrogen (secondary N) is 1. The first-order valence-corrected chi connectivity index (χ1v) is 6.16. The zero-order valence-electron chi connectivity index (χ0n) is 8.86. The van der Waals surface area contributed by atoms with Crippen LogP contribution in [0.15, 0.2) is 16.4 Å². The fraction of sp³-hybridized carbons (Fsp3) is 0.364. The standard InChI is InChI=1S/C11H11N3OS/c1-6-2-3-7-8(6)13-9(14-10(7)15)11-12-4-5-16-11/h4-6H,2-3H2,1H3,(H,13,14,15). The summed E-state index contributed by atoms with van der Waals surface area (Å²) in [5.74, 6) is 0.989. The number of rotatable bonds is 1. The molecule has 2 aromatic rings. The van der Waals surface area contributed by atoms with Gasteiger partial charge in [0.2, 0.25) is 0 Å². The predicted molar refractivity (Wildman–Crippen MR) is 62.7 cm³/mol. The van der Waals surface area contributed by atoms with Crippen LogP contribution >= 0.6 is 11.3 Å². The normalized spacial score (nSPS) is 18.7. The van der Waals surface area contributed by atoms with Crippen LogP contribution in [0, 0.1) is 0 Å². The lowest BCUT2D eigenvalue weighted by atomic mass is 10.1. The van der Waals surface area contributed by atoms with Gasteiger partial charge in [0.25, 0.3) is 5.56 Å². The first kappa shape index (κ1) is 9.72. The van der Waals surface area contributed by atoms with Crippen molar-refractivity contribution in [3.05, 3.63) is 33.2 Å². The van der Waals surface area contributed by atoms with E-state index in [1.165, 1.54) is 11.3 Å². The Labute approximate surface area is 96.4 Å². The SMILES string of the molecule is CC1CCc2c1nc(-c1nccs1)[nH]c2=O. The molecule has 16 heavy (non-hydrogen) atoms. The van der Waals surface area contributed by atoms with Crippen molar-refractivity contribution in [2.24, 2.45) is 0 Å². The summed E-state index contributed by atoms with van der Waals surface area (Å²) < 4.78 is 0. The van der Waals surface area contributed by atoms with Crippen LogP contribution in [0.3, 0.4) is 0 Å². The second kappa shape index (κ2) is 3.52. The molecular weight excluding hydrogens is 222 g/mol. The third-order valence-electron chi connectivity index (χ3n) is 2.98. The number of aromatic nitrogens is 3. The number of H-pyrrole nitrogens is 1. The minimum absolute atomic E-state index is 0.000417. The molecule has 1 aliphatic carbocycles. The Balaban J connectivity index is 2.20. The molecule has 0 aromatic carbocycles. The summed E-state index contributed by atoms with van der Waals surface area (Å²) in [4.78, 5) is 23.4. The van der Waals surface area contributed by atoms with Crippen LogP contribution in [0.2, 0.25) is 0 Å². The predicted octanol–water partition coefficient (Wildman–Crippen LogP) is 1.94. The molecule has 0 saturated heterocycles. The lowest BCUT2D eigenvalue weighted by molar-refractivity contribution is 0.731.